The van der Waals surface area contributed by atoms with Crippen LogP contribution in [0.1, 0.15) is 72.1 Å². The van der Waals surface area contributed by atoms with Crippen molar-refractivity contribution < 1.29 is 0 Å². The van der Waals surface area contributed by atoms with E-state index in [1.165, 1.54) is 64.5 Å². The van der Waals surface area contributed by atoms with Gasteiger partial charge in [0.1, 0.15) is 0 Å². The Labute approximate surface area is 126 Å². The molecule has 3 atom stereocenters. The van der Waals surface area contributed by atoms with Gasteiger partial charge in [-0.3, -0.25) is 4.90 Å². The Bertz CT molecular complexity index is 287. The normalized spacial score (nSPS) is 35.7. The van der Waals surface area contributed by atoms with Crippen LogP contribution in [-0.4, -0.2) is 37.1 Å². The van der Waals surface area contributed by atoms with Crippen molar-refractivity contribution in [2.24, 2.45) is 11.3 Å². The maximum Gasteiger partial charge on any atom is 0.0271 e. The largest absolute Gasteiger partial charge is 0.315 e. The van der Waals surface area contributed by atoms with Crippen LogP contribution in [0.3, 0.4) is 0 Å². The Morgan fingerprint density at radius 2 is 1.90 bits per heavy atom. The first-order valence-corrected chi connectivity index (χ1v) is 8.99. The van der Waals surface area contributed by atoms with Gasteiger partial charge in [-0.25, -0.2) is 0 Å². The summed E-state index contributed by atoms with van der Waals surface area (Å²) in [6.45, 7) is 9.92. The third kappa shape index (κ3) is 3.76. The Kier molecular flexibility index (Phi) is 5.92. The zero-order valence-electron chi connectivity index (χ0n) is 14.3. The lowest BCUT2D eigenvalue weighted by Crippen LogP contribution is -2.58. The van der Waals surface area contributed by atoms with Crippen LogP contribution < -0.4 is 5.32 Å². The van der Waals surface area contributed by atoms with Gasteiger partial charge in [-0.05, 0) is 63.6 Å². The summed E-state index contributed by atoms with van der Waals surface area (Å²) in [6, 6.07) is 1.43. The fraction of sp³-hybridized carbons (Fsp3) is 1.00. The summed E-state index contributed by atoms with van der Waals surface area (Å²) in [5, 5.41) is 3.66. The molecule has 1 heterocycles. The fourth-order valence-electron chi connectivity index (χ4n) is 4.80. The lowest BCUT2D eigenvalue weighted by molar-refractivity contribution is 0.0534. The number of hydrogen-bond acceptors (Lipinski definition) is 2. The molecule has 0 amide bonds. The highest BCUT2D eigenvalue weighted by molar-refractivity contribution is 4.98. The van der Waals surface area contributed by atoms with Crippen molar-refractivity contribution in [2.45, 2.75) is 84.2 Å². The van der Waals surface area contributed by atoms with Crippen molar-refractivity contribution in [2.75, 3.05) is 20.1 Å². The van der Waals surface area contributed by atoms with Gasteiger partial charge in [0.15, 0.2) is 0 Å². The lowest BCUT2D eigenvalue weighted by atomic mass is 9.70. The van der Waals surface area contributed by atoms with Crippen LogP contribution >= 0.6 is 0 Å². The lowest BCUT2D eigenvalue weighted by Gasteiger charge is -2.48. The first kappa shape index (κ1) is 16.3. The SMILES string of the molecule is CCCC1CCCN(C2CCCC(C)(C)C2NC)CC1. The first-order valence-electron chi connectivity index (χ1n) is 8.99. The molecular formula is C18H36N2. The van der Waals surface area contributed by atoms with Gasteiger partial charge in [-0.2, -0.15) is 0 Å². The topological polar surface area (TPSA) is 15.3 Å². The van der Waals surface area contributed by atoms with Gasteiger partial charge >= 0.3 is 0 Å². The molecule has 3 unspecified atom stereocenters. The molecule has 1 N–H and O–H groups in total. The quantitative estimate of drug-likeness (QED) is 0.835. The molecule has 2 heteroatoms. The average molecular weight is 281 g/mol. The highest BCUT2D eigenvalue weighted by Crippen LogP contribution is 2.38. The molecule has 1 aliphatic heterocycles. The van der Waals surface area contributed by atoms with E-state index in [-0.39, 0.29) is 0 Å². The highest BCUT2D eigenvalue weighted by atomic mass is 15.2. The van der Waals surface area contributed by atoms with E-state index in [9.17, 15) is 0 Å². The minimum Gasteiger partial charge on any atom is -0.315 e. The highest BCUT2D eigenvalue weighted by Gasteiger charge is 2.40. The molecule has 0 aromatic heterocycles. The van der Waals surface area contributed by atoms with Gasteiger partial charge in [0.25, 0.3) is 0 Å². The van der Waals surface area contributed by atoms with Crippen LogP contribution in [0.4, 0.5) is 0 Å². The number of likely N-dealkylation sites (tertiary alicyclic amines) is 1. The predicted octanol–water partition coefficient (Wildman–Crippen LogP) is 4.06. The maximum absolute atomic E-state index is 3.66. The van der Waals surface area contributed by atoms with E-state index in [4.69, 9.17) is 0 Å². The van der Waals surface area contributed by atoms with Gasteiger partial charge in [-0.1, -0.05) is 40.0 Å². The minimum absolute atomic E-state index is 0.451. The van der Waals surface area contributed by atoms with Gasteiger partial charge in [0, 0.05) is 12.1 Å². The van der Waals surface area contributed by atoms with Crippen LogP contribution in [0.25, 0.3) is 0 Å². The van der Waals surface area contributed by atoms with Crippen molar-refractivity contribution in [1.29, 1.82) is 0 Å². The van der Waals surface area contributed by atoms with Crippen LogP contribution in [0.5, 0.6) is 0 Å². The van der Waals surface area contributed by atoms with Gasteiger partial charge in [0.2, 0.25) is 0 Å². The van der Waals surface area contributed by atoms with Crippen LogP contribution in [0.15, 0.2) is 0 Å². The standard InChI is InChI=1S/C18H36N2/c1-5-8-15-9-7-13-20(14-11-15)16-10-6-12-18(2,3)17(16)19-4/h15-17,19H,5-14H2,1-4H3. The van der Waals surface area contributed by atoms with Crippen LogP contribution in [0.2, 0.25) is 0 Å². The monoisotopic (exact) mass is 280 g/mol. The average Bonchev–Trinajstić information content (AvgIpc) is 2.63. The van der Waals surface area contributed by atoms with Crippen molar-refractivity contribution in [3.8, 4) is 0 Å². The molecule has 1 saturated heterocycles. The predicted molar refractivity (Wildman–Crippen MR) is 88.1 cm³/mol. The zero-order chi connectivity index (χ0) is 14.6. The molecule has 0 aromatic rings. The third-order valence-electron chi connectivity index (χ3n) is 5.91. The Balaban J connectivity index is 1.99. The number of nitrogens with one attached hydrogen (secondary N) is 1. The van der Waals surface area contributed by atoms with E-state index in [1.54, 1.807) is 0 Å². The molecule has 1 saturated carbocycles. The van der Waals surface area contributed by atoms with Gasteiger partial charge < -0.3 is 5.32 Å². The zero-order valence-corrected chi connectivity index (χ0v) is 14.3. The Morgan fingerprint density at radius 1 is 1.10 bits per heavy atom. The molecule has 0 bridgehead atoms. The number of rotatable bonds is 4. The molecule has 118 valence electrons. The van der Waals surface area contributed by atoms with E-state index in [1.807, 2.05) is 0 Å². The second-order valence-corrected chi connectivity index (χ2v) is 7.84. The summed E-state index contributed by atoms with van der Waals surface area (Å²) in [5.74, 6) is 0.995. The molecule has 0 radical (unpaired) electrons. The summed E-state index contributed by atoms with van der Waals surface area (Å²) in [7, 11) is 2.17. The molecule has 2 aliphatic rings. The van der Waals surface area contributed by atoms with Crippen LogP contribution in [-0.2, 0) is 0 Å². The second kappa shape index (κ2) is 7.26. The molecule has 2 nitrogen and oxygen atoms in total. The summed E-state index contributed by atoms with van der Waals surface area (Å²) < 4.78 is 0. The number of likely N-dealkylation sites (N-methyl/N-ethyl adjacent to an activating group) is 1. The van der Waals surface area contributed by atoms with E-state index in [0.29, 0.717) is 11.5 Å². The van der Waals surface area contributed by atoms with Crippen molar-refractivity contribution in [1.82, 2.24) is 10.2 Å². The first-order chi connectivity index (χ1) is 9.58. The fourth-order valence-corrected chi connectivity index (χ4v) is 4.80. The van der Waals surface area contributed by atoms with E-state index in [2.05, 4.69) is 38.0 Å². The van der Waals surface area contributed by atoms with Crippen molar-refractivity contribution >= 4 is 0 Å². The molecule has 0 spiro atoms. The molecule has 0 aromatic carbocycles. The van der Waals surface area contributed by atoms with E-state index >= 15 is 0 Å². The molecular weight excluding hydrogens is 244 g/mol. The third-order valence-corrected chi connectivity index (χ3v) is 5.91. The number of nitrogens with zero attached hydrogens (tertiary/aromatic N) is 1. The van der Waals surface area contributed by atoms with E-state index in [0.717, 1.165) is 12.0 Å². The van der Waals surface area contributed by atoms with Crippen LogP contribution in [0, 0.1) is 11.3 Å². The van der Waals surface area contributed by atoms with Crippen molar-refractivity contribution in [3.63, 3.8) is 0 Å². The molecule has 2 rings (SSSR count). The second-order valence-electron chi connectivity index (χ2n) is 7.84. The Morgan fingerprint density at radius 3 is 2.60 bits per heavy atom. The molecule has 1 aliphatic carbocycles. The summed E-state index contributed by atoms with van der Waals surface area (Å²) in [4.78, 5) is 2.83. The van der Waals surface area contributed by atoms with E-state index < -0.39 is 0 Å². The smallest absolute Gasteiger partial charge is 0.0271 e. The summed E-state index contributed by atoms with van der Waals surface area (Å²) in [6.07, 6.45) is 11.3. The minimum atomic E-state index is 0.451. The number of hydrogen-bond donors (Lipinski definition) is 1. The van der Waals surface area contributed by atoms with Crippen molar-refractivity contribution in [3.05, 3.63) is 0 Å². The Hall–Kier alpha value is -0.0800. The maximum atomic E-state index is 3.66. The summed E-state index contributed by atoms with van der Waals surface area (Å²) in [5.41, 5.74) is 0.451. The molecule has 20 heavy (non-hydrogen) atoms. The molecule has 2 fully saturated rings. The van der Waals surface area contributed by atoms with Gasteiger partial charge in [-0.15, -0.1) is 0 Å². The van der Waals surface area contributed by atoms with Gasteiger partial charge in [0.05, 0.1) is 0 Å². The summed E-state index contributed by atoms with van der Waals surface area (Å²) >= 11 is 0.